The van der Waals surface area contributed by atoms with Crippen LogP contribution in [0.25, 0.3) is 11.3 Å². The molecule has 0 saturated carbocycles. The first-order chi connectivity index (χ1) is 14.1. The first kappa shape index (κ1) is 21.5. The van der Waals surface area contributed by atoms with Gasteiger partial charge in [0.25, 0.3) is 0 Å². The highest BCUT2D eigenvalue weighted by Crippen LogP contribution is 2.31. The molecule has 2 heterocycles. The number of nitrogens with one attached hydrogen (secondary N) is 2. The van der Waals surface area contributed by atoms with Crippen molar-refractivity contribution in [2.24, 2.45) is 5.92 Å². The van der Waals surface area contributed by atoms with Gasteiger partial charge in [0.1, 0.15) is 11.4 Å². The molecule has 0 saturated heterocycles. The van der Waals surface area contributed by atoms with Crippen molar-refractivity contribution in [3.8, 4) is 11.3 Å². The standard InChI is InChI=1S/C23H26FN3O3/c1-14-6-5-7-18(27-22(29)30-23(2,3)4)15-10-11-25-20(12-15)17-13-16(24)8-9-19(17)26-21(14)28/h5-6,8-14,18H,7H2,1-4H3,(H,26,28)(H,27,29)/b6-5+/t14-,18+/m1/s1. The van der Waals surface area contributed by atoms with E-state index in [1.807, 2.05) is 6.08 Å². The Hall–Kier alpha value is -3.22. The van der Waals surface area contributed by atoms with E-state index in [-0.39, 0.29) is 5.91 Å². The number of halogens is 1. The van der Waals surface area contributed by atoms with Crippen LogP contribution < -0.4 is 10.6 Å². The first-order valence-electron chi connectivity index (χ1n) is 9.85. The van der Waals surface area contributed by atoms with Crippen molar-refractivity contribution in [3.63, 3.8) is 0 Å². The normalized spacial score (nSPS) is 20.1. The highest BCUT2D eigenvalue weighted by molar-refractivity contribution is 5.97. The number of anilines is 1. The molecule has 1 aromatic carbocycles. The van der Waals surface area contributed by atoms with Gasteiger partial charge in [-0.1, -0.05) is 19.1 Å². The van der Waals surface area contributed by atoms with Crippen LogP contribution in [-0.2, 0) is 9.53 Å². The van der Waals surface area contributed by atoms with Crippen molar-refractivity contribution in [1.29, 1.82) is 0 Å². The quantitative estimate of drug-likeness (QED) is 0.648. The summed E-state index contributed by atoms with van der Waals surface area (Å²) in [6.07, 6.45) is 5.16. The number of pyridine rings is 1. The van der Waals surface area contributed by atoms with E-state index in [1.54, 1.807) is 52.1 Å². The van der Waals surface area contributed by atoms with Crippen molar-refractivity contribution in [2.75, 3.05) is 5.32 Å². The predicted molar refractivity (Wildman–Crippen MR) is 113 cm³/mol. The molecule has 1 aromatic heterocycles. The Morgan fingerprint density at radius 1 is 1.27 bits per heavy atom. The molecule has 0 fully saturated rings. The summed E-state index contributed by atoms with van der Waals surface area (Å²) in [6.45, 7) is 7.16. The van der Waals surface area contributed by atoms with Crippen molar-refractivity contribution in [3.05, 3.63) is 60.1 Å². The van der Waals surface area contributed by atoms with Crippen LogP contribution in [-0.4, -0.2) is 22.6 Å². The van der Waals surface area contributed by atoms with Gasteiger partial charge in [0.15, 0.2) is 0 Å². The Morgan fingerprint density at radius 2 is 2.03 bits per heavy atom. The second kappa shape index (κ2) is 8.65. The Balaban J connectivity index is 2.04. The SMILES string of the molecule is C[C@@H]1/C=C/C[C@H](NC(=O)OC(C)(C)C)c2ccnc(c2)-c2cc(F)ccc2NC1=O. The van der Waals surface area contributed by atoms with Gasteiger partial charge in [-0.3, -0.25) is 9.78 Å². The van der Waals surface area contributed by atoms with Crippen LogP contribution in [0.2, 0.25) is 0 Å². The monoisotopic (exact) mass is 411 g/mol. The third kappa shape index (κ3) is 5.43. The number of alkyl carbamates (subject to hydrolysis) is 1. The molecule has 158 valence electrons. The lowest BCUT2D eigenvalue weighted by Crippen LogP contribution is -2.35. The van der Waals surface area contributed by atoms with E-state index in [2.05, 4.69) is 15.6 Å². The lowest BCUT2D eigenvalue weighted by atomic mass is 9.99. The molecule has 2 bridgehead atoms. The van der Waals surface area contributed by atoms with E-state index >= 15 is 0 Å². The zero-order chi connectivity index (χ0) is 21.9. The maximum atomic E-state index is 14.0. The van der Waals surface area contributed by atoms with Crippen LogP contribution in [0.5, 0.6) is 0 Å². The topological polar surface area (TPSA) is 80.3 Å². The smallest absolute Gasteiger partial charge is 0.408 e. The molecular weight excluding hydrogens is 385 g/mol. The molecule has 2 atom stereocenters. The summed E-state index contributed by atoms with van der Waals surface area (Å²) < 4.78 is 19.4. The number of nitrogens with zero attached hydrogens (tertiary/aromatic N) is 1. The molecule has 1 aliphatic heterocycles. The predicted octanol–water partition coefficient (Wildman–Crippen LogP) is 4.99. The van der Waals surface area contributed by atoms with Crippen LogP contribution in [0.4, 0.5) is 14.9 Å². The Labute approximate surface area is 175 Å². The summed E-state index contributed by atoms with van der Waals surface area (Å²) in [7, 11) is 0. The lowest BCUT2D eigenvalue weighted by Gasteiger charge is -2.24. The molecular formula is C23H26FN3O3. The molecule has 0 radical (unpaired) electrons. The third-order valence-corrected chi connectivity index (χ3v) is 4.60. The van der Waals surface area contributed by atoms with Gasteiger partial charge in [0.05, 0.1) is 23.3 Å². The van der Waals surface area contributed by atoms with Crippen LogP contribution in [0.3, 0.4) is 0 Å². The zero-order valence-corrected chi connectivity index (χ0v) is 17.5. The average molecular weight is 411 g/mol. The number of fused-ring (bicyclic) bond motifs is 4. The maximum Gasteiger partial charge on any atom is 0.408 e. The molecule has 2 amide bonds. The van der Waals surface area contributed by atoms with Gasteiger partial charge in [-0.25, -0.2) is 9.18 Å². The highest BCUT2D eigenvalue weighted by Gasteiger charge is 2.22. The largest absolute Gasteiger partial charge is 0.444 e. The van der Waals surface area contributed by atoms with E-state index in [0.29, 0.717) is 23.4 Å². The fraction of sp³-hybridized carbons (Fsp3) is 0.348. The minimum absolute atomic E-state index is 0.215. The lowest BCUT2D eigenvalue weighted by molar-refractivity contribution is -0.118. The van der Waals surface area contributed by atoms with Crippen LogP contribution in [0.15, 0.2) is 48.7 Å². The number of carbonyl (C=O) groups excluding carboxylic acids is 2. The minimum Gasteiger partial charge on any atom is -0.444 e. The number of hydrogen-bond acceptors (Lipinski definition) is 4. The summed E-state index contributed by atoms with van der Waals surface area (Å²) in [5.74, 6) is -1.05. The van der Waals surface area contributed by atoms with Crippen molar-refractivity contribution < 1.29 is 18.7 Å². The van der Waals surface area contributed by atoms with Gasteiger partial charge in [-0.15, -0.1) is 0 Å². The fourth-order valence-electron chi connectivity index (χ4n) is 3.13. The van der Waals surface area contributed by atoms with E-state index < -0.39 is 29.5 Å². The molecule has 0 aliphatic carbocycles. The molecule has 3 rings (SSSR count). The molecule has 6 nitrogen and oxygen atoms in total. The summed E-state index contributed by atoms with van der Waals surface area (Å²) in [5.41, 5.74) is 1.61. The van der Waals surface area contributed by atoms with Gasteiger partial charge in [-0.2, -0.15) is 0 Å². The second-order valence-corrected chi connectivity index (χ2v) is 8.30. The van der Waals surface area contributed by atoms with Crippen molar-refractivity contribution >= 4 is 17.7 Å². The van der Waals surface area contributed by atoms with Gasteiger partial charge >= 0.3 is 6.09 Å². The van der Waals surface area contributed by atoms with Gasteiger partial charge in [0, 0.05) is 11.8 Å². The molecule has 0 unspecified atom stereocenters. The van der Waals surface area contributed by atoms with Crippen molar-refractivity contribution in [2.45, 2.75) is 45.8 Å². The van der Waals surface area contributed by atoms with Crippen molar-refractivity contribution in [1.82, 2.24) is 10.3 Å². The number of benzene rings is 1. The highest BCUT2D eigenvalue weighted by atomic mass is 19.1. The summed E-state index contributed by atoms with van der Waals surface area (Å²) in [6, 6.07) is 7.34. The average Bonchev–Trinajstić information content (AvgIpc) is 2.66. The molecule has 0 spiro atoms. The number of hydrogen-bond donors (Lipinski definition) is 2. The number of carbonyl (C=O) groups is 2. The van der Waals surface area contributed by atoms with Gasteiger partial charge < -0.3 is 15.4 Å². The summed E-state index contributed by atoms with van der Waals surface area (Å²) in [4.78, 5) is 29.3. The number of amides is 2. The fourth-order valence-corrected chi connectivity index (χ4v) is 3.13. The van der Waals surface area contributed by atoms with Crippen LogP contribution >= 0.6 is 0 Å². The molecule has 30 heavy (non-hydrogen) atoms. The second-order valence-electron chi connectivity index (χ2n) is 8.30. The van der Waals surface area contributed by atoms with E-state index in [9.17, 15) is 14.0 Å². The van der Waals surface area contributed by atoms with Crippen LogP contribution in [0.1, 0.15) is 45.7 Å². The first-order valence-corrected chi connectivity index (χ1v) is 9.85. The molecule has 2 N–H and O–H groups in total. The Morgan fingerprint density at radius 3 is 2.77 bits per heavy atom. The van der Waals surface area contributed by atoms with E-state index in [4.69, 9.17) is 4.74 Å². The number of aromatic nitrogens is 1. The Kier molecular flexibility index (Phi) is 6.20. The number of ether oxygens (including phenoxy) is 1. The number of rotatable bonds is 1. The minimum atomic E-state index is -0.627. The molecule has 7 heteroatoms. The zero-order valence-electron chi connectivity index (χ0n) is 17.5. The third-order valence-electron chi connectivity index (χ3n) is 4.60. The van der Waals surface area contributed by atoms with E-state index in [1.165, 1.54) is 18.2 Å². The van der Waals surface area contributed by atoms with Gasteiger partial charge in [0.2, 0.25) is 5.91 Å². The van der Waals surface area contributed by atoms with E-state index in [0.717, 1.165) is 5.56 Å². The summed E-state index contributed by atoms with van der Waals surface area (Å²) >= 11 is 0. The molecule has 2 aromatic rings. The van der Waals surface area contributed by atoms with Gasteiger partial charge in [-0.05, 0) is 63.1 Å². The Bertz CT molecular complexity index is 982. The maximum absolute atomic E-state index is 14.0. The van der Waals surface area contributed by atoms with Crippen LogP contribution in [0, 0.1) is 11.7 Å². The molecule has 1 aliphatic rings. The summed E-state index contributed by atoms with van der Waals surface area (Å²) in [5, 5.41) is 5.73.